The third-order valence-corrected chi connectivity index (χ3v) is 4.64. The second-order valence-corrected chi connectivity index (χ2v) is 6.90. The van der Waals surface area contributed by atoms with E-state index >= 15 is 0 Å². The second-order valence-electron chi connectivity index (χ2n) is 6.09. The van der Waals surface area contributed by atoms with E-state index in [0.717, 1.165) is 0 Å². The molecule has 24 heavy (non-hydrogen) atoms. The van der Waals surface area contributed by atoms with Gasteiger partial charge < -0.3 is 25.4 Å². The topological polar surface area (TPSA) is 99.8 Å². The van der Waals surface area contributed by atoms with Crippen LogP contribution in [-0.4, -0.2) is 55.8 Å². The number of nitrogens with zero attached hydrogens (tertiary/aromatic N) is 2. The molecular formula is C15H19Cl2N3O4. The molecule has 1 fully saturated rings. The van der Waals surface area contributed by atoms with Crippen molar-refractivity contribution < 1.29 is 20.1 Å². The molecule has 2 aromatic rings. The Kier molecular flexibility index (Phi) is 4.92. The molecule has 0 spiro atoms. The van der Waals surface area contributed by atoms with Gasteiger partial charge in [-0.1, -0.05) is 23.2 Å². The van der Waals surface area contributed by atoms with Crippen molar-refractivity contribution in [1.82, 2.24) is 9.55 Å². The fraction of sp³-hybridized carbons (Fsp3) is 0.533. The number of benzene rings is 1. The number of imidazole rings is 1. The van der Waals surface area contributed by atoms with Crippen LogP contribution in [0.2, 0.25) is 10.0 Å². The fourth-order valence-electron chi connectivity index (χ4n) is 2.80. The van der Waals surface area contributed by atoms with Crippen LogP contribution in [0.25, 0.3) is 11.0 Å². The Hall–Kier alpha value is -1.09. The van der Waals surface area contributed by atoms with Crippen molar-refractivity contribution in [3.05, 3.63) is 22.2 Å². The van der Waals surface area contributed by atoms with Gasteiger partial charge in [-0.3, -0.25) is 4.57 Å². The predicted octanol–water partition coefficient (Wildman–Crippen LogP) is 1.77. The lowest BCUT2D eigenvalue weighted by atomic mass is 10.1. The molecule has 1 aromatic carbocycles. The smallest absolute Gasteiger partial charge is 0.206 e. The van der Waals surface area contributed by atoms with Crippen molar-refractivity contribution >= 4 is 40.2 Å². The van der Waals surface area contributed by atoms with E-state index in [4.69, 9.17) is 27.9 Å². The number of aliphatic hydroxyl groups is 3. The second kappa shape index (κ2) is 6.67. The molecule has 4 N–H and O–H groups in total. The van der Waals surface area contributed by atoms with Gasteiger partial charge in [-0.05, 0) is 26.0 Å². The summed E-state index contributed by atoms with van der Waals surface area (Å²) in [5, 5.41) is 33.6. The quantitative estimate of drug-likeness (QED) is 0.649. The van der Waals surface area contributed by atoms with Crippen LogP contribution < -0.4 is 5.32 Å². The van der Waals surface area contributed by atoms with E-state index in [1.165, 1.54) is 0 Å². The standard InChI is InChI=1S/C15H19Cl2N3O4/c1-6(2)18-15-19-9-3-7(16)8(17)4-10(9)20(15)14-13(23)12(22)11(5-21)24-14/h3-4,6,11-14,21-23H,5H2,1-2H3,(H,18,19)/t11-,12?,13+,14-/m0/s1. The molecule has 0 radical (unpaired) electrons. The highest BCUT2D eigenvalue weighted by Gasteiger charge is 2.44. The van der Waals surface area contributed by atoms with Crippen LogP contribution in [-0.2, 0) is 4.74 Å². The van der Waals surface area contributed by atoms with E-state index in [9.17, 15) is 15.3 Å². The maximum absolute atomic E-state index is 10.4. The Morgan fingerprint density at radius 3 is 2.50 bits per heavy atom. The number of anilines is 1. The van der Waals surface area contributed by atoms with E-state index in [0.29, 0.717) is 27.0 Å². The maximum atomic E-state index is 10.4. The molecule has 2 heterocycles. The lowest BCUT2D eigenvalue weighted by molar-refractivity contribution is -0.0499. The summed E-state index contributed by atoms with van der Waals surface area (Å²) in [6.45, 7) is 3.49. The third kappa shape index (κ3) is 2.96. The summed E-state index contributed by atoms with van der Waals surface area (Å²) >= 11 is 12.2. The van der Waals surface area contributed by atoms with Crippen molar-refractivity contribution in [3.8, 4) is 0 Å². The number of fused-ring (bicyclic) bond motifs is 1. The van der Waals surface area contributed by atoms with Gasteiger partial charge in [0.2, 0.25) is 5.95 Å². The number of rotatable bonds is 4. The first-order chi connectivity index (χ1) is 11.3. The summed E-state index contributed by atoms with van der Waals surface area (Å²) < 4.78 is 7.26. The molecule has 3 rings (SSSR count). The largest absolute Gasteiger partial charge is 0.394 e. The van der Waals surface area contributed by atoms with Crippen molar-refractivity contribution in [2.24, 2.45) is 0 Å². The normalized spacial score (nSPS) is 27.3. The maximum Gasteiger partial charge on any atom is 0.206 e. The van der Waals surface area contributed by atoms with Crippen LogP contribution in [0.3, 0.4) is 0 Å². The highest BCUT2D eigenvalue weighted by atomic mass is 35.5. The van der Waals surface area contributed by atoms with E-state index in [2.05, 4.69) is 10.3 Å². The Morgan fingerprint density at radius 2 is 1.92 bits per heavy atom. The van der Waals surface area contributed by atoms with Gasteiger partial charge in [0, 0.05) is 6.04 Å². The number of hydrogen-bond acceptors (Lipinski definition) is 6. The minimum atomic E-state index is -1.22. The van der Waals surface area contributed by atoms with Gasteiger partial charge in [-0.15, -0.1) is 0 Å². The summed E-state index contributed by atoms with van der Waals surface area (Å²) in [7, 11) is 0. The van der Waals surface area contributed by atoms with Gasteiger partial charge in [0.1, 0.15) is 18.3 Å². The molecule has 1 saturated heterocycles. The molecule has 1 aliphatic rings. The van der Waals surface area contributed by atoms with Crippen LogP contribution >= 0.6 is 23.2 Å². The lowest BCUT2D eigenvalue weighted by Crippen LogP contribution is -2.33. The molecule has 7 nitrogen and oxygen atoms in total. The molecule has 9 heteroatoms. The van der Waals surface area contributed by atoms with E-state index in [1.807, 2.05) is 13.8 Å². The fourth-order valence-corrected chi connectivity index (χ4v) is 3.12. The van der Waals surface area contributed by atoms with E-state index in [1.54, 1.807) is 16.7 Å². The summed E-state index contributed by atoms with van der Waals surface area (Å²) in [5.74, 6) is 0.452. The number of nitrogens with one attached hydrogen (secondary N) is 1. The third-order valence-electron chi connectivity index (χ3n) is 3.92. The molecule has 0 bridgehead atoms. The summed E-state index contributed by atoms with van der Waals surface area (Å²) in [6, 6.07) is 3.33. The van der Waals surface area contributed by atoms with Gasteiger partial charge in [-0.2, -0.15) is 0 Å². The predicted molar refractivity (Wildman–Crippen MR) is 91.5 cm³/mol. The monoisotopic (exact) mass is 375 g/mol. The van der Waals surface area contributed by atoms with Crippen LogP contribution in [0.1, 0.15) is 20.1 Å². The first-order valence-electron chi connectivity index (χ1n) is 7.59. The first-order valence-corrected chi connectivity index (χ1v) is 8.35. The van der Waals surface area contributed by atoms with Crippen LogP contribution in [0, 0.1) is 0 Å². The number of ether oxygens (including phenoxy) is 1. The SMILES string of the molecule is CC(C)Nc1nc2cc(Cl)c(Cl)cc2n1[C@H]1O[C@@H](CO)C(O)[C@H]1O. The lowest BCUT2D eigenvalue weighted by Gasteiger charge is -2.21. The minimum absolute atomic E-state index is 0.0728. The van der Waals surface area contributed by atoms with E-state index in [-0.39, 0.29) is 6.04 Å². The zero-order valence-corrected chi connectivity index (χ0v) is 14.7. The van der Waals surface area contributed by atoms with Gasteiger partial charge in [0.05, 0.1) is 27.7 Å². The number of aromatic nitrogens is 2. The van der Waals surface area contributed by atoms with Crippen molar-refractivity contribution in [3.63, 3.8) is 0 Å². The van der Waals surface area contributed by atoms with Gasteiger partial charge >= 0.3 is 0 Å². The zero-order chi connectivity index (χ0) is 17.6. The van der Waals surface area contributed by atoms with Crippen molar-refractivity contribution in [2.75, 3.05) is 11.9 Å². The van der Waals surface area contributed by atoms with E-state index < -0.39 is 31.1 Å². The number of hydrogen-bond donors (Lipinski definition) is 4. The Bertz CT molecular complexity index is 752. The van der Waals surface area contributed by atoms with Gasteiger partial charge in [-0.25, -0.2) is 4.98 Å². The van der Waals surface area contributed by atoms with Crippen LogP contribution in [0.15, 0.2) is 12.1 Å². The Morgan fingerprint density at radius 1 is 1.25 bits per heavy atom. The highest BCUT2D eigenvalue weighted by molar-refractivity contribution is 6.42. The highest BCUT2D eigenvalue weighted by Crippen LogP contribution is 2.37. The number of halogens is 2. The molecule has 1 aliphatic heterocycles. The van der Waals surface area contributed by atoms with Gasteiger partial charge in [0.25, 0.3) is 0 Å². The molecule has 0 aliphatic carbocycles. The number of aliphatic hydroxyl groups excluding tert-OH is 3. The summed E-state index contributed by atoms with van der Waals surface area (Å²) in [6.07, 6.45) is -4.22. The molecule has 132 valence electrons. The summed E-state index contributed by atoms with van der Waals surface area (Å²) in [4.78, 5) is 4.48. The molecule has 0 saturated carbocycles. The molecule has 1 unspecified atom stereocenters. The molecule has 4 atom stereocenters. The molecule has 0 amide bonds. The Labute approximate surface area is 148 Å². The van der Waals surface area contributed by atoms with Gasteiger partial charge in [0.15, 0.2) is 6.23 Å². The van der Waals surface area contributed by atoms with Crippen molar-refractivity contribution in [2.45, 2.75) is 44.4 Å². The zero-order valence-electron chi connectivity index (χ0n) is 13.1. The minimum Gasteiger partial charge on any atom is -0.394 e. The average Bonchev–Trinajstić information content (AvgIpc) is 2.97. The van der Waals surface area contributed by atoms with Crippen molar-refractivity contribution in [1.29, 1.82) is 0 Å². The molecular weight excluding hydrogens is 357 g/mol. The molecule has 1 aromatic heterocycles. The Balaban J connectivity index is 2.15. The summed E-state index contributed by atoms with van der Waals surface area (Å²) in [5.41, 5.74) is 1.17. The van der Waals surface area contributed by atoms with Crippen LogP contribution in [0.4, 0.5) is 5.95 Å². The first kappa shape index (κ1) is 17.7. The average molecular weight is 376 g/mol. The van der Waals surface area contributed by atoms with Crippen LogP contribution in [0.5, 0.6) is 0 Å².